The van der Waals surface area contributed by atoms with Gasteiger partial charge in [-0.25, -0.2) is 4.79 Å². The molecule has 0 saturated carbocycles. The van der Waals surface area contributed by atoms with Gasteiger partial charge in [0.25, 0.3) is 0 Å². The number of benzene rings is 1. The van der Waals surface area contributed by atoms with E-state index in [1.807, 2.05) is 0 Å². The molecule has 0 saturated heterocycles. The average Bonchev–Trinajstić information content (AvgIpc) is 2.43. The van der Waals surface area contributed by atoms with Crippen molar-refractivity contribution in [2.24, 2.45) is 5.73 Å². The van der Waals surface area contributed by atoms with Crippen molar-refractivity contribution in [3.8, 4) is 0 Å². The second-order valence-electron chi connectivity index (χ2n) is 4.99. The maximum absolute atomic E-state index is 11.9. The number of hydrogen-bond acceptors (Lipinski definition) is 5. The van der Waals surface area contributed by atoms with Crippen LogP contribution in [0.25, 0.3) is 11.0 Å². The largest absolute Gasteiger partial charge is 0.481 e. The number of aryl methyl sites for hydroxylation is 1. The van der Waals surface area contributed by atoms with Crippen molar-refractivity contribution in [1.82, 2.24) is 0 Å². The van der Waals surface area contributed by atoms with Crippen molar-refractivity contribution in [1.29, 1.82) is 0 Å². The summed E-state index contributed by atoms with van der Waals surface area (Å²) < 4.78 is 5.09. The molecule has 1 aromatic carbocycles. The van der Waals surface area contributed by atoms with E-state index in [4.69, 9.17) is 15.3 Å². The van der Waals surface area contributed by atoms with E-state index in [9.17, 15) is 14.4 Å². The van der Waals surface area contributed by atoms with Gasteiger partial charge >= 0.3 is 11.6 Å². The first-order valence-corrected chi connectivity index (χ1v) is 6.69. The molecule has 2 rings (SSSR count). The second-order valence-corrected chi connectivity index (χ2v) is 4.99. The lowest BCUT2D eigenvalue weighted by molar-refractivity contribution is -0.137. The summed E-state index contributed by atoms with van der Waals surface area (Å²) in [5.74, 6) is -1.50. The molecule has 0 bridgehead atoms. The van der Waals surface area contributed by atoms with Crippen molar-refractivity contribution >= 4 is 28.5 Å². The minimum atomic E-state index is -1.01. The van der Waals surface area contributed by atoms with Gasteiger partial charge in [0, 0.05) is 29.6 Å². The number of fused-ring (bicyclic) bond motifs is 1. The molecule has 7 heteroatoms. The van der Waals surface area contributed by atoms with E-state index >= 15 is 0 Å². The summed E-state index contributed by atoms with van der Waals surface area (Å²) in [6.07, 6.45) is -0.136. The monoisotopic (exact) mass is 304 g/mol. The summed E-state index contributed by atoms with van der Waals surface area (Å²) in [7, 11) is 0. The number of amides is 1. The molecule has 1 atom stereocenters. The number of carboxylic acid groups (broad SMARTS) is 1. The number of hydrogen-bond donors (Lipinski definition) is 3. The molecule has 0 aliphatic carbocycles. The fourth-order valence-corrected chi connectivity index (χ4v) is 2.05. The van der Waals surface area contributed by atoms with Gasteiger partial charge < -0.3 is 20.6 Å². The lowest BCUT2D eigenvalue weighted by atomic mass is 10.1. The molecule has 4 N–H and O–H groups in total. The van der Waals surface area contributed by atoms with Crippen LogP contribution in [0.4, 0.5) is 5.69 Å². The minimum absolute atomic E-state index is 0.0446. The van der Waals surface area contributed by atoms with E-state index in [0.29, 0.717) is 11.3 Å². The molecule has 0 spiro atoms. The molecule has 0 radical (unpaired) electrons. The van der Waals surface area contributed by atoms with Crippen molar-refractivity contribution in [3.05, 3.63) is 40.2 Å². The molecule has 7 nitrogen and oxygen atoms in total. The number of nitrogens with one attached hydrogen (secondary N) is 1. The Balaban J connectivity index is 2.16. The van der Waals surface area contributed by atoms with E-state index < -0.39 is 23.5 Å². The van der Waals surface area contributed by atoms with Gasteiger partial charge in [0.2, 0.25) is 5.91 Å². The van der Waals surface area contributed by atoms with Gasteiger partial charge in [-0.3, -0.25) is 9.59 Å². The number of carbonyl (C=O) groups is 2. The topological polar surface area (TPSA) is 123 Å². The van der Waals surface area contributed by atoms with E-state index in [1.54, 1.807) is 19.1 Å². The van der Waals surface area contributed by atoms with Crippen LogP contribution in [0, 0.1) is 6.92 Å². The Bertz CT molecular complexity index is 781. The molecule has 0 fully saturated rings. The van der Waals surface area contributed by atoms with Crippen LogP contribution >= 0.6 is 0 Å². The van der Waals surface area contributed by atoms with Crippen molar-refractivity contribution < 1.29 is 19.1 Å². The number of carbonyl (C=O) groups excluding carboxylic acids is 1. The second kappa shape index (κ2) is 6.40. The molecular formula is C15H16N2O5. The third-order valence-corrected chi connectivity index (χ3v) is 3.22. The highest BCUT2D eigenvalue weighted by atomic mass is 16.4. The maximum Gasteiger partial charge on any atom is 0.336 e. The Kier molecular flexibility index (Phi) is 4.57. The minimum Gasteiger partial charge on any atom is -0.481 e. The summed E-state index contributed by atoms with van der Waals surface area (Å²) in [6.45, 7) is 1.79. The van der Waals surface area contributed by atoms with Crippen LogP contribution in [0.1, 0.15) is 18.4 Å². The van der Waals surface area contributed by atoms with E-state index in [-0.39, 0.29) is 12.8 Å². The van der Waals surface area contributed by atoms with Gasteiger partial charge in [-0.1, -0.05) is 0 Å². The Morgan fingerprint density at radius 1 is 1.36 bits per heavy atom. The zero-order valence-corrected chi connectivity index (χ0v) is 12.0. The molecule has 22 heavy (non-hydrogen) atoms. The van der Waals surface area contributed by atoms with Crippen LogP contribution in [0.2, 0.25) is 0 Å². The Hall–Kier alpha value is -2.67. The fraction of sp³-hybridized carbons (Fsp3) is 0.267. The number of anilines is 1. The Morgan fingerprint density at radius 2 is 2.09 bits per heavy atom. The fourth-order valence-electron chi connectivity index (χ4n) is 2.05. The van der Waals surface area contributed by atoms with Crippen LogP contribution in [0.15, 0.2) is 33.5 Å². The lowest BCUT2D eigenvalue weighted by Gasteiger charge is -2.11. The Morgan fingerprint density at radius 3 is 2.77 bits per heavy atom. The predicted octanol–water partition coefficient (Wildman–Crippen LogP) is 1.23. The van der Waals surface area contributed by atoms with Gasteiger partial charge in [0.15, 0.2) is 0 Å². The lowest BCUT2D eigenvalue weighted by Crippen LogP contribution is -2.36. The van der Waals surface area contributed by atoms with Crippen LogP contribution in [0.3, 0.4) is 0 Å². The summed E-state index contributed by atoms with van der Waals surface area (Å²) in [6, 6.07) is 5.40. The highest BCUT2D eigenvalue weighted by molar-refractivity contribution is 5.96. The summed E-state index contributed by atoms with van der Waals surface area (Å²) in [5, 5.41) is 11.9. The molecule has 1 heterocycles. The predicted molar refractivity (Wildman–Crippen MR) is 80.7 cm³/mol. The molecule has 1 amide bonds. The highest BCUT2D eigenvalue weighted by Crippen LogP contribution is 2.20. The van der Waals surface area contributed by atoms with Gasteiger partial charge in [0.1, 0.15) is 5.58 Å². The average molecular weight is 304 g/mol. The summed E-state index contributed by atoms with van der Waals surface area (Å²) >= 11 is 0. The quantitative estimate of drug-likeness (QED) is 0.714. The zero-order valence-electron chi connectivity index (χ0n) is 12.0. The smallest absolute Gasteiger partial charge is 0.336 e. The maximum atomic E-state index is 11.9. The molecule has 1 unspecified atom stereocenters. The number of rotatable bonds is 5. The number of nitrogens with two attached hydrogens (primary N) is 1. The van der Waals surface area contributed by atoms with Crippen LogP contribution in [-0.2, 0) is 9.59 Å². The molecule has 1 aromatic heterocycles. The van der Waals surface area contributed by atoms with Crippen molar-refractivity contribution in [3.63, 3.8) is 0 Å². The van der Waals surface area contributed by atoms with E-state index in [2.05, 4.69) is 5.32 Å². The molecule has 116 valence electrons. The molecule has 0 aliphatic rings. The van der Waals surface area contributed by atoms with E-state index in [1.165, 1.54) is 12.1 Å². The standard InChI is InChI=1S/C15H16N2O5/c1-8-6-14(20)22-12-7-9(2-3-10(8)12)17-15(21)11(16)4-5-13(18)19/h2-3,6-7,11H,4-5,16H2,1H3,(H,17,21)(H,18,19). The van der Waals surface area contributed by atoms with Crippen LogP contribution in [0.5, 0.6) is 0 Å². The third kappa shape index (κ3) is 3.70. The van der Waals surface area contributed by atoms with Crippen molar-refractivity contribution in [2.75, 3.05) is 5.32 Å². The van der Waals surface area contributed by atoms with E-state index in [0.717, 1.165) is 10.9 Å². The Labute approximate surface area is 125 Å². The van der Waals surface area contributed by atoms with Gasteiger partial charge in [0.05, 0.1) is 6.04 Å². The third-order valence-electron chi connectivity index (χ3n) is 3.22. The molecule has 0 aliphatic heterocycles. The van der Waals surface area contributed by atoms with Gasteiger partial charge in [-0.15, -0.1) is 0 Å². The van der Waals surface area contributed by atoms with Gasteiger partial charge in [-0.2, -0.15) is 0 Å². The highest BCUT2D eigenvalue weighted by Gasteiger charge is 2.15. The van der Waals surface area contributed by atoms with Gasteiger partial charge in [-0.05, 0) is 31.0 Å². The number of aliphatic carboxylic acids is 1. The van der Waals surface area contributed by atoms with Crippen molar-refractivity contribution in [2.45, 2.75) is 25.8 Å². The van der Waals surface area contributed by atoms with Crippen LogP contribution < -0.4 is 16.7 Å². The first-order valence-electron chi connectivity index (χ1n) is 6.69. The summed E-state index contributed by atoms with van der Waals surface area (Å²) in [4.78, 5) is 33.7. The first kappa shape index (κ1) is 15.7. The SMILES string of the molecule is Cc1cc(=O)oc2cc(NC(=O)C(N)CCC(=O)O)ccc12. The zero-order chi connectivity index (χ0) is 16.3. The van der Waals surface area contributed by atoms with Crippen LogP contribution in [-0.4, -0.2) is 23.0 Å². The first-order chi connectivity index (χ1) is 10.4. The molecule has 2 aromatic rings. The number of carboxylic acids is 1. The molecular weight excluding hydrogens is 288 g/mol. The normalized spacial score (nSPS) is 12.1. The summed E-state index contributed by atoms with van der Waals surface area (Å²) in [5.41, 5.74) is 6.73.